The molecule has 0 saturated heterocycles. The number of carboxylic acid groups (broad SMARTS) is 2. The lowest BCUT2D eigenvalue weighted by Gasteiger charge is -2.10. The second-order valence-electron chi connectivity index (χ2n) is 4.52. The van der Waals surface area contributed by atoms with Gasteiger partial charge < -0.3 is 15.5 Å². The quantitative estimate of drug-likeness (QED) is 0.723. The molecule has 0 fully saturated rings. The van der Waals surface area contributed by atoms with Gasteiger partial charge in [0.05, 0.1) is 11.1 Å². The molecule has 0 aromatic heterocycles. The summed E-state index contributed by atoms with van der Waals surface area (Å²) in [6.45, 7) is 4.84. The van der Waals surface area contributed by atoms with Crippen molar-refractivity contribution in [2.24, 2.45) is 5.92 Å². The first-order valence-corrected chi connectivity index (χ1v) is 5.75. The van der Waals surface area contributed by atoms with Crippen molar-refractivity contribution in [1.29, 1.82) is 0 Å². The van der Waals surface area contributed by atoms with Gasteiger partial charge in [-0.2, -0.15) is 0 Å². The van der Waals surface area contributed by atoms with Crippen LogP contribution in [0.4, 0.5) is 5.69 Å². The fourth-order valence-corrected chi connectivity index (χ4v) is 1.48. The van der Waals surface area contributed by atoms with Gasteiger partial charge in [-0.3, -0.25) is 0 Å². The molecule has 0 aliphatic heterocycles. The van der Waals surface area contributed by atoms with Gasteiger partial charge in [0, 0.05) is 12.2 Å². The van der Waals surface area contributed by atoms with E-state index >= 15 is 0 Å². The van der Waals surface area contributed by atoms with E-state index in [4.69, 9.17) is 10.2 Å². The predicted octanol–water partition coefficient (Wildman–Crippen LogP) is 2.54. The Kier molecular flexibility index (Phi) is 4.71. The van der Waals surface area contributed by atoms with E-state index in [1.807, 2.05) is 0 Å². The molecular weight excluding hydrogens is 234 g/mol. The van der Waals surface area contributed by atoms with E-state index in [1.54, 1.807) is 0 Å². The van der Waals surface area contributed by atoms with Gasteiger partial charge in [0.1, 0.15) is 0 Å². The number of carboxylic acids is 2. The molecule has 0 heterocycles. The maximum Gasteiger partial charge on any atom is 0.335 e. The molecule has 5 nitrogen and oxygen atoms in total. The zero-order valence-corrected chi connectivity index (χ0v) is 10.4. The van der Waals surface area contributed by atoms with Gasteiger partial charge in [0.2, 0.25) is 0 Å². The van der Waals surface area contributed by atoms with E-state index in [2.05, 4.69) is 19.2 Å². The van der Waals surface area contributed by atoms with E-state index in [0.717, 1.165) is 12.5 Å². The van der Waals surface area contributed by atoms with Crippen LogP contribution in [0.3, 0.4) is 0 Å². The zero-order valence-electron chi connectivity index (χ0n) is 10.4. The Morgan fingerprint density at radius 2 is 1.61 bits per heavy atom. The molecule has 0 bridgehead atoms. The van der Waals surface area contributed by atoms with Crippen LogP contribution in [0.15, 0.2) is 18.2 Å². The summed E-state index contributed by atoms with van der Waals surface area (Å²) in [5.41, 5.74) is 0.469. The number of anilines is 1. The van der Waals surface area contributed by atoms with Crippen molar-refractivity contribution in [2.45, 2.75) is 20.3 Å². The third-order valence-electron chi connectivity index (χ3n) is 2.48. The lowest BCUT2D eigenvalue weighted by molar-refractivity contribution is 0.0696. The monoisotopic (exact) mass is 251 g/mol. The second kappa shape index (κ2) is 6.05. The third-order valence-corrected chi connectivity index (χ3v) is 2.48. The van der Waals surface area contributed by atoms with Gasteiger partial charge in [0.25, 0.3) is 0 Å². The molecule has 98 valence electrons. The minimum atomic E-state index is -1.13. The highest BCUT2D eigenvalue weighted by Gasteiger charge is 2.11. The molecule has 0 saturated carbocycles. The minimum Gasteiger partial charge on any atom is -0.478 e. The first kappa shape index (κ1) is 14.0. The van der Waals surface area contributed by atoms with E-state index in [-0.39, 0.29) is 11.1 Å². The summed E-state index contributed by atoms with van der Waals surface area (Å²) in [4.78, 5) is 21.8. The van der Waals surface area contributed by atoms with Gasteiger partial charge >= 0.3 is 11.9 Å². The summed E-state index contributed by atoms with van der Waals surface area (Å²) in [6, 6.07) is 4.03. The Hall–Kier alpha value is -2.04. The van der Waals surface area contributed by atoms with Crippen molar-refractivity contribution in [3.05, 3.63) is 29.3 Å². The van der Waals surface area contributed by atoms with Crippen LogP contribution in [0.25, 0.3) is 0 Å². The maximum atomic E-state index is 10.9. The molecule has 1 rings (SSSR count). The molecule has 1 aromatic rings. The molecule has 0 radical (unpaired) electrons. The summed E-state index contributed by atoms with van der Waals surface area (Å²) < 4.78 is 0. The number of benzene rings is 1. The average molecular weight is 251 g/mol. The van der Waals surface area contributed by atoms with E-state index in [0.29, 0.717) is 18.2 Å². The Morgan fingerprint density at radius 1 is 1.11 bits per heavy atom. The van der Waals surface area contributed by atoms with Crippen LogP contribution in [0.2, 0.25) is 0 Å². The van der Waals surface area contributed by atoms with Crippen LogP contribution in [-0.2, 0) is 0 Å². The molecule has 0 spiro atoms. The summed E-state index contributed by atoms with van der Waals surface area (Å²) in [5, 5.41) is 20.9. The molecule has 0 amide bonds. The largest absolute Gasteiger partial charge is 0.478 e. The highest BCUT2D eigenvalue weighted by Crippen LogP contribution is 2.16. The first-order valence-electron chi connectivity index (χ1n) is 5.75. The lowest BCUT2D eigenvalue weighted by atomic mass is 10.1. The second-order valence-corrected chi connectivity index (χ2v) is 4.52. The van der Waals surface area contributed by atoms with E-state index in [9.17, 15) is 9.59 Å². The molecule has 3 N–H and O–H groups in total. The smallest absolute Gasteiger partial charge is 0.335 e. The summed E-state index contributed by atoms with van der Waals surface area (Å²) in [7, 11) is 0. The van der Waals surface area contributed by atoms with Crippen molar-refractivity contribution in [3.63, 3.8) is 0 Å². The van der Waals surface area contributed by atoms with Crippen LogP contribution >= 0.6 is 0 Å². The molecule has 18 heavy (non-hydrogen) atoms. The van der Waals surface area contributed by atoms with Crippen molar-refractivity contribution in [2.75, 3.05) is 11.9 Å². The van der Waals surface area contributed by atoms with Gasteiger partial charge in [-0.05, 0) is 30.5 Å². The van der Waals surface area contributed by atoms with E-state index < -0.39 is 11.9 Å². The number of hydrogen-bond acceptors (Lipinski definition) is 3. The highest BCUT2D eigenvalue weighted by atomic mass is 16.4. The Balaban J connectivity index is 2.89. The molecule has 0 aliphatic rings. The Morgan fingerprint density at radius 3 is 2.00 bits per heavy atom. The zero-order chi connectivity index (χ0) is 13.7. The van der Waals surface area contributed by atoms with Crippen LogP contribution in [0, 0.1) is 5.92 Å². The van der Waals surface area contributed by atoms with Crippen molar-refractivity contribution >= 4 is 17.6 Å². The fourth-order valence-electron chi connectivity index (χ4n) is 1.48. The van der Waals surface area contributed by atoms with Crippen LogP contribution in [0.5, 0.6) is 0 Å². The third kappa shape index (κ3) is 4.08. The number of hydrogen-bond donors (Lipinski definition) is 3. The lowest BCUT2D eigenvalue weighted by Crippen LogP contribution is -2.08. The molecule has 0 atom stereocenters. The molecule has 1 aromatic carbocycles. The molecule has 5 heteroatoms. The Labute approximate surface area is 105 Å². The fraction of sp³-hybridized carbons (Fsp3) is 0.385. The normalized spacial score (nSPS) is 10.4. The molecule has 0 aliphatic carbocycles. The molecular formula is C13H17NO4. The predicted molar refractivity (Wildman–Crippen MR) is 68.3 cm³/mol. The summed E-state index contributed by atoms with van der Waals surface area (Å²) in [5.74, 6) is -1.74. The maximum absolute atomic E-state index is 10.9. The molecule has 0 unspecified atom stereocenters. The minimum absolute atomic E-state index is 0.0260. The highest BCUT2D eigenvalue weighted by molar-refractivity contribution is 5.95. The van der Waals surface area contributed by atoms with E-state index in [1.165, 1.54) is 12.1 Å². The van der Waals surface area contributed by atoms with Crippen molar-refractivity contribution in [3.8, 4) is 0 Å². The summed E-state index contributed by atoms with van der Waals surface area (Å²) in [6.07, 6.45) is 0.930. The van der Waals surface area contributed by atoms with Gasteiger partial charge in [-0.15, -0.1) is 0 Å². The van der Waals surface area contributed by atoms with Crippen molar-refractivity contribution < 1.29 is 19.8 Å². The number of aromatic carboxylic acids is 2. The first-order chi connectivity index (χ1) is 8.40. The Bertz CT molecular complexity index is 422. The van der Waals surface area contributed by atoms with Crippen molar-refractivity contribution in [1.82, 2.24) is 0 Å². The summed E-state index contributed by atoms with van der Waals surface area (Å²) >= 11 is 0. The average Bonchev–Trinajstić information content (AvgIpc) is 2.28. The van der Waals surface area contributed by atoms with Crippen LogP contribution in [-0.4, -0.2) is 28.7 Å². The van der Waals surface area contributed by atoms with Crippen LogP contribution < -0.4 is 5.32 Å². The van der Waals surface area contributed by atoms with Gasteiger partial charge in [-0.1, -0.05) is 13.8 Å². The van der Waals surface area contributed by atoms with Gasteiger partial charge in [-0.25, -0.2) is 9.59 Å². The number of carbonyl (C=O) groups is 2. The SMILES string of the molecule is CC(C)CCNc1cc(C(=O)O)cc(C(=O)O)c1. The number of rotatable bonds is 6. The van der Waals surface area contributed by atoms with Gasteiger partial charge in [0.15, 0.2) is 0 Å². The number of nitrogens with one attached hydrogen (secondary N) is 1. The standard InChI is InChI=1S/C13H17NO4/c1-8(2)3-4-14-11-6-9(12(15)16)5-10(7-11)13(17)18/h5-8,14H,3-4H2,1-2H3,(H,15,16)(H,17,18). The van der Waals surface area contributed by atoms with Crippen LogP contribution in [0.1, 0.15) is 41.0 Å². The topological polar surface area (TPSA) is 86.6 Å².